The molecule has 1 aliphatic heterocycles. The van der Waals surface area contributed by atoms with Crippen molar-refractivity contribution in [1.29, 1.82) is 0 Å². The van der Waals surface area contributed by atoms with Crippen LogP contribution in [0.4, 0.5) is 5.69 Å². The lowest BCUT2D eigenvalue weighted by atomic mass is 10.1. The summed E-state index contributed by atoms with van der Waals surface area (Å²) in [5.41, 5.74) is 0.348. The number of nitrogens with zero attached hydrogens (tertiary/aromatic N) is 1. The zero-order valence-corrected chi connectivity index (χ0v) is 11.0. The fraction of sp³-hybridized carbons (Fsp3) is 0.538. The summed E-state index contributed by atoms with van der Waals surface area (Å²) in [4.78, 5) is 2.18. The van der Waals surface area contributed by atoms with E-state index in [-0.39, 0.29) is 0 Å². The lowest BCUT2D eigenvalue weighted by Crippen LogP contribution is -2.43. The highest BCUT2D eigenvalue weighted by Crippen LogP contribution is 2.23. The number of hydrogen-bond acceptors (Lipinski definition) is 3. The fourth-order valence-corrected chi connectivity index (χ4v) is 2.37. The topological polar surface area (TPSA) is 35.5 Å². The van der Waals surface area contributed by atoms with Crippen molar-refractivity contribution in [3.63, 3.8) is 0 Å². The quantitative estimate of drug-likeness (QED) is 0.804. The summed E-state index contributed by atoms with van der Waals surface area (Å²) < 4.78 is 0. The molecule has 94 valence electrons. The van der Waals surface area contributed by atoms with E-state index in [0.717, 1.165) is 17.3 Å². The van der Waals surface area contributed by atoms with E-state index >= 15 is 0 Å². The van der Waals surface area contributed by atoms with Crippen molar-refractivity contribution in [2.24, 2.45) is 0 Å². The normalized spacial score (nSPS) is 30.1. The summed E-state index contributed by atoms with van der Waals surface area (Å²) >= 11 is 6.01. The van der Waals surface area contributed by atoms with Crippen LogP contribution in [-0.2, 0) is 0 Å². The Bertz CT molecular complexity index is 395. The largest absolute Gasteiger partial charge is 0.387 e. The van der Waals surface area contributed by atoms with E-state index in [1.807, 2.05) is 31.2 Å². The molecule has 0 saturated carbocycles. The van der Waals surface area contributed by atoms with Crippen molar-refractivity contribution in [3.05, 3.63) is 29.3 Å². The predicted molar refractivity (Wildman–Crippen MR) is 71.8 cm³/mol. The van der Waals surface area contributed by atoms with Gasteiger partial charge in [0, 0.05) is 36.4 Å². The average molecular weight is 255 g/mol. The van der Waals surface area contributed by atoms with Crippen LogP contribution in [0, 0.1) is 0 Å². The maximum absolute atomic E-state index is 10.2. The van der Waals surface area contributed by atoms with Crippen molar-refractivity contribution in [2.75, 3.05) is 24.5 Å². The second kappa shape index (κ2) is 4.84. The number of rotatable bonds is 1. The molecule has 1 heterocycles. The molecule has 0 spiro atoms. The molecule has 0 aromatic heterocycles. The highest BCUT2D eigenvalue weighted by atomic mass is 35.5. The SMILES string of the molecule is CC1CN(c2cccc(Cl)c2)CC(C)(O)CN1. The molecule has 2 rings (SSSR count). The molecular formula is C13H19ClN2O. The van der Waals surface area contributed by atoms with Crippen LogP contribution in [-0.4, -0.2) is 36.4 Å². The van der Waals surface area contributed by atoms with E-state index in [4.69, 9.17) is 11.6 Å². The van der Waals surface area contributed by atoms with Gasteiger partial charge in [-0.15, -0.1) is 0 Å². The Balaban J connectivity index is 2.23. The summed E-state index contributed by atoms with van der Waals surface area (Å²) in [7, 11) is 0. The minimum atomic E-state index is -0.715. The molecule has 0 amide bonds. The van der Waals surface area contributed by atoms with E-state index in [1.165, 1.54) is 0 Å². The molecule has 2 unspecified atom stereocenters. The van der Waals surface area contributed by atoms with Gasteiger partial charge in [-0.25, -0.2) is 0 Å². The lowest BCUT2D eigenvalue weighted by Gasteiger charge is -2.30. The monoisotopic (exact) mass is 254 g/mol. The van der Waals surface area contributed by atoms with Crippen LogP contribution in [0.5, 0.6) is 0 Å². The predicted octanol–water partition coefficient (Wildman–Crippen LogP) is 1.89. The van der Waals surface area contributed by atoms with Crippen molar-refractivity contribution in [2.45, 2.75) is 25.5 Å². The summed E-state index contributed by atoms with van der Waals surface area (Å²) in [6, 6.07) is 8.12. The van der Waals surface area contributed by atoms with Crippen molar-refractivity contribution >= 4 is 17.3 Å². The van der Waals surface area contributed by atoms with Crippen LogP contribution < -0.4 is 10.2 Å². The first kappa shape index (κ1) is 12.7. The third-order valence-electron chi connectivity index (χ3n) is 3.03. The van der Waals surface area contributed by atoms with Gasteiger partial charge in [-0.2, -0.15) is 0 Å². The van der Waals surface area contributed by atoms with Gasteiger partial charge in [0.1, 0.15) is 0 Å². The second-order valence-corrected chi connectivity index (χ2v) is 5.58. The number of β-amino-alcohol motifs (C(OH)–C–C–N with tert-alkyl or cyclic N) is 1. The molecule has 0 radical (unpaired) electrons. The van der Waals surface area contributed by atoms with Crippen molar-refractivity contribution in [1.82, 2.24) is 5.32 Å². The highest BCUT2D eigenvalue weighted by molar-refractivity contribution is 6.30. The van der Waals surface area contributed by atoms with Crippen LogP contribution in [0.15, 0.2) is 24.3 Å². The van der Waals surface area contributed by atoms with Gasteiger partial charge in [-0.1, -0.05) is 17.7 Å². The number of benzene rings is 1. The molecule has 3 nitrogen and oxygen atoms in total. The Morgan fingerprint density at radius 3 is 3.00 bits per heavy atom. The number of aliphatic hydroxyl groups is 1. The summed E-state index contributed by atoms with van der Waals surface area (Å²) in [6.07, 6.45) is 0. The Morgan fingerprint density at radius 1 is 1.53 bits per heavy atom. The van der Waals surface area contributed by atoms with Gasteiger partial charge < -0.3 is 15.3 Å². The van der Waals surface area contributed by atoms with Crippen LogP contribution in [0.25, 0.3) is 0 Å². The molecule has 2 N–H and O–H groups in total. The molecule has 1 fully saturated rings. The molecule has 1 aromatic rings. The Morgan fingerprint density at radius 2 is 2.29 bits per heavy atom. The Hall–Kier alpha value is -0.770. The summed E-state index contributed by atoms with van der Waals surface area (Å²) in [5, 5.41) is 14.3. The average Bonchev–Trinajstić information content (AvgIpc) is 2.38. The van der Waals surface area contributed by atoms with E-state index < -0.39 is 5.60 Å². The molecule has 1 aromatic carbocycles. The molecular weight excluding hydrogens is 236 g/mol. The van der Waals surface area contributed by atoms with Gasteiger partial charge in [0.15, 0.2) is 0 Å². The van der Waals surface area contributed by atoms with E-state index in [9.17, 15) is 5.11 Å². The maximum Gasteiger partial charge on any atom is 0.0917 e. The third-order valence-corrected chi connectivity index (χ3v) is 3.27. The smallest absolute Gasteiger partial charge is 0.0917 e. The maximum atomic E-state index is 10.2. The standard InChI is InChI=1S/C13H19ClN2O/c1-10-7-16(9-13(2,17)8-15-10)12-5-3-4-11(14)6-12/h3-6,10,15,17H,7-9H2,1-2H3. The van der Waals surface area contributed by atoms with E-state index in [0.29, 0.717) is 19.1 Å². The van der Waals surface area contributed by atoms with Crippen molar-refractivity contribution in [3.8, 4) is 0 Å². The molecule has 2 atom stereocenters. The van der Waals surface area contributed by atoms with E-state index in [1.54, 1.807) is 0 Å². The molecule has 0 aliphatic carbocycles. The Labute approximate surface area is 107 Å². The molecule has 4 heteroatoms. The first-order valence-electron chi connectivity index (χ1n) is 5.92. The zero-order chi connectivity index (χ0) is 12.5. The van der Waals surface area contributed by atoms with Gasteiger partial charge in [0.05, 0.1) is 5.60 Å². The molecule has 1 saturated heterocycles. The number of nitrogens with one attached hydrogen (secondary N) is 1. The van der Waals surface area contributed by atoms with Gasteiger partial charge in [0.2, 0.25) is 0 Å². The summed E-state index contributed by atoms with van der Waals surface area (Å²) in [6.45, 7) is 6.08. The van der Waals surface area contributed by atoms with Crippen LogP contribution in [0.1, 0.15) is 13.8 Å². The van der Waals surface area contributed by atoms with E-state index in [2.05, 4.69) is 17.1 Å². The molecule has 17 heavy (non-hydrogen) atoms. The first-order valence-corrected chi connectivity index (χ1v) is 6.30. The molecule has 1 aliphatic rings. The molecule has 0 bridgehead atoms. The fourth-order valence-electron chi connectivity index (χ4n) is 2.19. The summed E-state index contributed by atoms with van der Waals surface area (Å²) in [5.74, 6) is 0. The lowest BCUT2D eigenvalue weighted by molar-refractivity contribution is 0.0718. The van der Waals surface area contributed by atoms with Crippen molar-refractivity contribution < 1.29 is 5.11 Å². The number of halogens is 1. The minimum Gasteiger partial charge on any atom is -0.387 e. The second-order valence-electron chi connectivity index (χ2n) is 5.14. The first-order chi connectivity index (χ1) is 7.96. The van der Waals surface area contributed by atoms with Gasteiger partial charge in [-0.05, 0) is 32.0 Å². The van der Waals surface area contributed by atoms with Gasteiger partial charge in [0.25, 0.3) is 0 Å². The Kier molecular flexibility index (Phi) is 3.61. The van der Waals surface area contributed by atoms with Gasteiger partial charge in [-0.3, -0.25) is 0 Å². The van der Waals surface area contributed by atoms with Crippen LogP contribution in [0.2, 0.25) is 5.02 Å². The van der Waals surface area contributed by atoms with Crippen LogP contribution in [0.3, 0.4) is 0 Å². The third kappa shape index (κ3) is 3.35. The van der Waals surface area contributed by atoms with Gasteiger partial charge >= 0.3 is 0 Å². The zero-order valence-electron chi connectivity index (χ0n) is 10.3. The van der Waals surface area contributed by atoms with Crippen LogP contribution >= 0.6 is 11.6 Å². The number of anilines is 1. The minimum absolute atomic E-state index is 0.350. The number of hydrogen-bond donors (Lipinski definition) is 2. The highest BCUT2D eigenvalue weighted by Gasteiger charge is 2.29.